The normalized spacial score (nSPS) is 36.6. The minimum absolute atomic E-state index is 0.0679. The molecule has 1 aliphatic carbocycles. The Kier molecular flexibility index (Phi) is 3.92. The van der Waals surface area contributed by atoms with Crippen LogP contribution in [-0.4, -0.2) is 34.5 Å². The summed E-state index contributed by atoms with van der Waals surface area (Å²) in [6, 6.07) is 0. The molecule has 0 spiro atoms. The van der Waals surface area contributed by atoms with Crippen LogP contribution in [0, 0.1) is 5.92 Å². The zero-order valence-electron chi connectivity index (χ0n) is 11.1. The maximum atomic E-state index is 11.6. The van der Waals surface area contributed by atoms with Gasteiger partial charge in [-0.05, 0) is 37.8 Å². The van der Waals surface area contributed by atoms with Gasteiger partial charge in [-0.2, -0.15) is 0 Å². The summed E-state index contributed by atoms with van der Waals surface area (Å²) in [5.74, 6) is -0.424. The van der Waals surface area contributed by atoms with Crippen molar-refractivity contribution in [1.29, 1.82) is 0 Å². The monoisotopic (exact) mass is 264 g/mol. The van der Waals surface area contributed by atoms with Crippen molar-refractivity contribution in [3.8, 4) is 0 Å². The van der Waals surface area contributed by atoms with Gasteiger partial charge in [-0.25, -0.2) is 4.79 Å². The van der Waals surface area contributed by atoms with E-state index in [0.29, 0.717) is 30.4 Å². The number of ether oxygens (including phenoxy) is 1. The highest BCUT2D eigenvalue weighted by molar-refractivity contribution is 5.91. The van der Waals surface area contributed by atoms with Gasteiger partial charge >= 0.3 is 5.97 Å². The van der Waals surface area contributed by atoms with Crippen LogP contribution in [0.2, 0.25) is 0 Å². The molecule has 0 aromatic heterocycles. The van der Waals surface area contributed by atoms with Gasteiger partial charge in [-0.3, -0.25) is 0 Å². The lowest BCUT2D eigenvalue weighted by molar-refractivity contribution is -0.137. The Hall–Kier alpha value is -1.39. The first-order valence-corrected chi connectivity index (χ1v) is 6.51. The molecule has 4 nitrogen and oxygen atoms in total. The van der Waals surface area contributed by atoms with Crippen molar-refractivity contribution in [2.24, 2.45) is 5.92 Å². The van der Waals surface area contributed by atoms with E-state index >= 15 is 0 Å². The number of carbonyl (C=O) groups excluding carboxylic acids is 1. The Bertz CT molecular complexity index is 449. The summed E-state index contributed by atoms with van der Waals surface area (Å²) in [4.78, 5) is 11.6. The standard InChI is InChI=1S/C15H20O4/c1-8-6-12(16)14(17)9(2)4-5-11-10(3)15(18)19-13(11)7-8/h7,11-14,16-17H,2-6H2,1H3. The highest BCUT2D eigenvalue weighted by atomic mass is 16.5. The van der Waals surface area contributed by atoms with Gasteiger partial charge in [0.15, 0.2) is 0 Å². The number of esters is 1. The van der Waals surface area contributed by atoms with E-state index in [1.165, 1.54) is 0 Å². The highest BCUT2D eigenvalue weighted by Crippen LogP contribution is 2.34. The third kappa shape index (κ3) is 2.80. The molecule has 4 unspecified atom stereocenters. The molecule has 1 heterocycles. The number of hydrogen-bond acceptors (Lipinski definition) is 4. The molecule has 4 heteroatoms. The molecular weight excluding hydrogens is 244 g/mol. The molecule has 0 saturated carbocycles. The predicted molar refractivity (Wildman–Crippen MR) is 71.3 cm³/mol. The lowest BCUT2D eigenvalue weighted by atomic mass is 9.85. The molecule has 1 saturated heterocycles. The van der Waals surface area contributed by atoms with Gasteiger partial charge in [0.05, 0.1) is 6.10 Å². The maximum absolute atomic E-state index is 11.6. The number of carbonyl (C=O) groups is 1. The molecule has 0 aromatic carbocycles. The smallest absolute Gasteiger partial charge is 0.334 e. The maximum Gasteiger partial charge on any atom is 0.334 e. The van der Waals surface area contributed by atoms with E-state index < -0.39 is 12.2 Å². The topological polar surface area (TPSA) is 66.8 Å². The Labute approximate surface area is 113 Å². The van der Waals surface area contributed by atoms with Gasteiger partial charge in [0, 0.05) is 11.5 Å². The zero-order chi connectivity index (χ0) is 14.2. The molecule has 104 valence electrons. The summed E-state index contributed by atoms with van der Waals surface area (Å²) in [5.41, 5.74) is 1.96. The van der Waals surface area contributed by atoms with Crippen LogP contribution in [0.15, 0.2) is 36.0 Å². The van der Waals surface area contributed by atoms with Crippen LogP contribution in [0.4, 0.5) is 0 Å². The quantitative estimate of drug-likeness (QED) is 0.395. The summed E-state index contributed by atoms with van der Waals surface area (Å²) in [7, 11) is 0. The number of aliphatic hydroxyl groups is 2. The van der Waals surface area contributed by atoms with Gasteiger partial charge in [-0.1, -0.05) is 18.7 Å². The van der Waals surface area contributed by atoms with Crippen LogP contribution in [0.25, 0.3) is 0 Å². The van der Waals surface area contributed by atoms with Crippen molar-refractivity contribution in [3.63, 3.8) is 0 Å². The third-order valence-corrected chi connectivity index (χ3v) is 3.89. The van der Waals surface area contributed by atoms with E-state index in [9.17, 15) is 15.0 Å². The second kappa shape index (κ2) is 5.31. The summed E-state index contributed by atoms with van der Waals surface area (Å²) < 4.78 is 5.29. The molecule has 0 radical (unpaired) electrons. The van der Waals surface area contributed by atoms with Crippen molar-refractivity contribution in [1.82, 2.24) is 0 Å². The van der Waals surface area contributed by atoms with Crippen LogP contribution < -0.4 is 0 Å². The van der Waals surface area contributed by atoms with Crippen molar-refractivity contribution < 1.29 is 19.7 Å². The highest BCUT2D eigenvalue weighted by Gasteiger charge is 2.38. The number of hydrogen-bond donors (Lipinski definition) is 2. The largest absolute Gasteiger partial charge is 0.454 e. The predicted octanol–water partition coefficient (Wildman–Crippen LogP) is 1.49. The molecule has 0 bridgehead atoms. The Morgan fingerprint density at radius 2 is 2.05 bits per heavy atom. The van der Waals surface area contributed by atoms with E-state index in [-0.39, 0.29) is 18.0 Å². The molecule has 19 heavy (non-hydrogen) atoms. The molecule has 2 aliphatic rings. The van der Waals surface area contributed by atoms with Crippen molar-refractivity contribution >= 4 is 5.97 Å². The van der Waals surface area contributed by atoms with Crippen LogP contribution >= 0.6 is 0 Å². The number of aliphatic hydroxyl groups excluding tert-OH is 2. The van der Waals surface area contributed by atoms with E-state index in [1.807, 2.05) is 13.0 Å². The fourth-order valence-corrected chi connectivity index (χ4v) is 2.67. The van der Waals surface area contributed by atoms with Crippen LogP contribution in [0.5, 0.6) is 0 Å². The fraction of sp³-hybridized carbons (Fsp3) is 0.533. The molecule has 0 amide bonds. The Morgan fingerprint density at radius 1 is 1.37 bits per heavy atom. The van der Waals surface area contributed by atoms with Gasteiger partial charge < -0.3 is 14.9 Å². The van der Waals surface area contributed by atoms with Crippen molar-refractivity contribution in [2.75, 3.05) is 0 Å². The van der Waals surface area contributed by atoms with Crippen LogP contribution in [0.1, 0.15) is 26.2 Å². The first kappa shape index (κ1) is 14.0. The molecule has 1 fully saturated rings. The second-order valence-electron chi connectivity index (χ2n) is 5.43. The Balaban J connectivity index is 2.28. The van der Waals surface area contributed by atoms with E-state index in [1.54, 1.807) is 0 Å². The summed E-state index contributed by atoms with van der Waals surface area (Å²) >= 11 is 0. The third-order valence-electron chi connectivity index (χ3n) is 3.89. The van der Waals surface area contributed by atoms with Gasteiger partial charge in [-0.15, -0.1) is 0 Å². The van der Waals surface area contributed by atoms with Gasteiger partial charge in [0.25, 0.3) is 0 Å². The lowest BCUT2D eigenvalue weighted by Gasteiger charge is -2.24. The Morgan fingerprint density at radius 3 is 2.74 bits per heavy atom. The lowest BCUT2D eigenvalue weighted by Crippen LogP contribution is -2.29. The van der Waals surface area contributed by atoms with E-state index in [4.69, 9.17) is 4.74 Å². The van der Waals surface area contributed by atoms with E-state index in [2.05, 4.69) is 13.2 Å². The summed E-state index contributed by atoms with van der Waals surface area (Å²) in [6.07, 6.45) is 1.28. The summed E-state index contributed by atoms with van der Waals surface area (Å²) in [5, 5.41) is 19.9. The second-order valence-corrected chi connectivity index (χ2v) is 5.43. The summed E-state index contributed by atoms with van der Waals surface area (Å²) in [6.45, 7) is 9.46. The number of rotatable bonds is 0. The van der Waals surface area contributed by atoms with Crippen LogP contribution in [0.3, 0.4) is 0 Å². The molecular formula is C15H20O4. The van der Waals surface area contributed by atoms with Gasteiger partial charge in [0.2, 0.25) is 0 Å². The molecule has 0 aromatic rings. The average molecular weight is 264 g/mol. The first-order valence-electron chi connectivity index (χ1n) is 6.51. The number of fused-ring (bicyclic) bond motifs is 1. The molecule has 1 aliphatic heterocycles. The van der Waals surface area contributed by atoms with Crippen LogP contribution in [-0.2, 0) is 9.53 Å². The van der Waals surface area contributed by atoms with Crippen molar-refractivity contribution in [3.05, 3.63) is 36.0 Å². The minimum Gasteiger partial charge on any atom is -0.454 e. The van der Waals surface area contributed by atoms with Crippen molar-refractivity contribution in [2.45, 2.75) is 44.5 Å². The average Bonchev–Trinajstić information content (AvgIpc) is 2.60. The molecule has 2 N–H and O–H groups in total. The van der Waals surface area contributed by atoms with E-state index in [0.717, 1.165) is 5.57 Å². The van der Waals surface area contributed by atoms with Gasteiger partial charge in [0.1, 0.15) is 12.2 Å². The minimum atomic E-state index is -0.925. The SMILES string of the molecule is C=C1CCC2C(=C)C(=O)OC2C=C(C)CC(O)C1O. The first-order chi connectivity index (χ1) is 8.90. The molecule has 4 atom stereocenters. The fourth-order valence-electron chi connectivity index (χ4n) is 2.67. The molecule has 2 rings (SSSR count). The zero-order valence-corrected chi connectivity index (χ0v) is 11.1.